The van der Waals surface area contributed by atoms with Gasteiger partial charge in [0.1, 0.15) is 0 Å². The first-order valence-electron chi connectivity index (χ1n) is 11.6. The van der Waals surface area contributed by atoms with Crippen LogP contribution in [0.4, 0.5) is 0 Å². The molecule has 2 aliphatic rings. The topological polar surface area (TPSA) is 77.5 Å². The minimum absolute atomic E-state index is 0.0524. The lowest BCUT2D eigenvalue weighted by Gasteiger charge is -2.27. The lowest BCUT2D eigenvalue weighted by molar-refractivity contribution is -0.131. The molecule has 0 unspecified atom stereocenters. The van der Waals surface area contributed by atoms with Crippen molar-refractivity contribution in [3.63, 3.8) is 0 Å². The Balaban J connectivity index is 1.32. The number of rotatable bonds is 15. The van der Waals surface area contributed by atoms with E-state index in [4.69, 9.17) is 18.9 Å². The van der Waals surface area contributed by atoms with Crippen LogP contribution in [-0.4, -0.2) is 94.1 Å². The second-order valence-electron chi connectivity index (χ2n) is 9.21. The summed E-state index contributed by atoms with van der Waals surface area (Å²) < 4.78 is 21.9. The molecule has 0 aromatic heterocycles. The molecule has 2 heterocycles. The van der Waals surface area contributed by atoms with Crippen molar-refractivity contribution < 1.29 is 28.5 Å². The number of carbonyl (C=O) groups excluding carboxylic acids is 2. The Bertz CT molecular complexity index is 625. The van der Waals surface area contributed by atoms with Gasteiger partial charge in [-0.25, -0.2) is 0 Å². The molecule has 1 atom stereocenters. The second-order valence-corrected chi connectivity index (χ2v) is 9.21. The number of allylic oxidation sites excluding steroid dienone is 1. The first-order chi connectivity index (χ1) is 15.3. The SMILES string of the molecule is C=C1C=CC(=O)N1CCOCCOCCOCCOCCC(=O)N1CC[C@@H](C(C)(C)C)C1. The Morgan fingerprint density at radius 3 is 2.03 bits per heavy atom. The largest absolute Gasteiger partial charge is 0.379 e. The molecule has 2 rings (SSSR count). The van der Waals surface area contributed by atoms with Gasteiger partial charge in [-0.05, 0) is 23.8 Å². The average molecular weight is 453 g/mol. The highest BCUT2D eigenvalue weighted by molar-refractivity contribution is 5.92. The lowest BCUT2D eigenvalue weighted by atomic mass is 9.80. The van der Waals surface area contributed by atoms with Gasteiger partial charge in [0.05, 0.1) is 59.3 Å². The van der Waals surface area contributed by atoms with Crippen molar-refractivity contribution in [2.75, 3.05) is 72.5 Å². The summed E-state index contributed by atoms with van der Waals surface area (Å²) in [5.74, 6) is 0.707. The molecule has 0 aromatic carbocycles. The van der Waals surface area contributed by atoms with Crippen molar-refractivity contribution in [1.82, 2.24) is 9.80 Å². The molecule has 0 N–H and O–H groups in total. The summed E-state index contributed by atoms with van der Waals surface area (Å²) in [6.45, 7) is 16.5. The third-order valence-corrected chi connectivity index (χ3v) is 5.83. The quantitative estimate of drug-likeness (QED) is 0.355. The van der Waals surface area contributed by atoms with Gasteiger partial charge in [0.15, 0.2) is 0 Å². The van der Waals surface area contributed by atoms with Crippen LogP contribution in [0.1, 0.15) is 33.6 Å². The van der Waals surface area contributed by atoms with E-state index in [0.29, 0.717) is 77.4 Å². The van der Waals surface area contributed by atoms with Crippen LogP contribution in [0, 0.1) is 11.3 Å². The van der Waals surface area contributed by atoms with Crippen molar-refractivity contribution in [1.29, 1.82) is 0 Å². The Kier molecular flexibility index (Phi) is 11.4. The van der Waals surface area contributed by atoms with Crippen LogP contribution in [0.5, 0.6) is 0 Å². The van der Waals surface area contributed by atoms with Gasteiger partial charge in [-0.15, -0.1) is 0 Å². The summed E-state index contributed by atoms with van der Waals surface area (Å²) in [6.07, 6.45) is 4.72. The van der Waals surface area contributed by atoms with Crippen LogP contribution in [0.25, 0.3) is 0 Å². The van der Waals surface area contributed by atoms with E-state index in [9.17, 15) is 9.59 Å². The van der Waals surface area contributed by atoms with Gasteiger partial charge in [-0.1, -0.05) is 27.4 Å². The van der Waals surface area contributed by atoms with Crippen LogP contribution in [0.3, 0.4) is 0 Å². The van der Waals surface area contributed by atoms with Crippen LogP contribution in [-0.2, 0) is 28.5 Å². The van der Waals surface area contributed by atoms with Crippen molar-refractivity contribution in [3.8, 4) is 0 Å². The second kappa shape index (κ2) is 13.7. The number of carbonyl (C=O) groups is 2. The van der Waals surface area contributed by atoms with Gasteiger partial charge in [-0.2, -0.15) is 0 Å². The molecule has 8 heteroatoms. The highest BCUT2D eigenvalue weighted by Gasteiger charge is 2.33. The lowest BCUT2D eigenvalue weighted by Crippen LogP contribution is -2.31. The molecule has 2 aliphatic heterocycles. The summed E-state index contributed by atoms with van der Waals surface area (Å²) in [5, 5.41) is 0. The van der Waals surface area contributed by atoms with E-state index < -0.39 is 0 Å². The molecule has 0 saturated carbocycles. The summed E-state index contributed by atoms with van der Waals surface area (Å²) in [4.78, 5) is 27.3. The summed E-state index contributed by atoms with van der Waals surface area (Å²) in [6, 6.07) is 0. The standard InChI is InChI=1S/C24H40N2O6/c1-20-5-6-23(28)26(20)10-12-30-14-16-32-18-17-31-15-13-29-11-8-22(27)25-9-7-21(19-25)24(2,3)4/h5-6,21H,1,7-19H2,2-4H3/t21-/m1/s1. The maximum Gasteiger partial charge on any atom is 0.251 e. The first-order valence-corrected chi connectivity index (χ1v) is 11.6. The number of amides is 2. The fraction of sp³-hybridized carbons (Fsp3) is 0.750. The molecular formula is C24H40N2O6. The van der Waals surface area contributed by atoms with E-state index in [2.05, 4.69) is 27.4 Å². The van der Waals surface area contributed by atoms with E-state index in [1.54, 1.807) is 11.0 Å². The zero-order valence-corrected chi connectivity index (χ0v) is 20.0. The molecule has 0 spiro atoms. The number of hydrogen-bond donors (Lipinski definition) is 0. The third-order valence-electron chi connectivity index (χ3n) is 5.83. The van der Waals surface area contributed by atoms with E-state index in [0.717, 1.165) is 19.5 Å². The van der Waals surface area contributed by atoms with Gasteiger partial charge in [0.25, 0.3) is 5.91 Å². The highest BCUT2D eigenvalue weighted by atomic mass is 16.6. The molecule has 32 heavy (non-hydrogen) atoms. The van der Waals surface area contributed by atoms with E-state index >= 15 is 0 Å². The number of ether oxygens (including phenoxy) is 4. The van der Waals surface area contributed by atoms with E-state index in [1.165, 1.54) is 6.08 Å². The highest BCUT2D eigenvalue weighted by Crippen LogP contribution is 2.33. The van der Waals surface area contributed by atoms with Crippen LogP contribution in [0.2, 0.25) is 0 Å². The Labute approximate surface area is 192 Å². The van der Waals surface area contributed by atoms with Crippen molar-refractivity contribution in [2.45, 2.75) is 33.6 Å². The maximum atomic E-state index is 12.3. The Hall–Kier alpha value is -1.74. The van der Waals surface area contributed by atoms with E-state index in [1.807, 2.05) is 4.90 Å². The molecule has 0 bridgehead atoms. The Morgan fingerprint density at radius 1 is 0.969 bits per heavy atom. The van der Waals surface area contributed by atoms with Crippen molar-refractivity contribution >= 4 is 11.8 Å². The van der Waals surface area contributed by atoms with Gasteiger partial charge < -0.3 is 28.7 Å². The zero-order valence-electron chi connectivity index (χ0n) is 20.0. The van der Waals surface area contributed by atoms with Crippen molar-refractivity contribution in [2.24, 2.45) is 11.3 Å². The normalized spacial score (nSPS) is 18.9. The van der Waals surface area contributed by atoms with Crippen LogP contribution >= 0.6 is 0 Å². The summed E-state index contributed by atoms with van der Waals surface area (Å²) >= 11 is 0. The third kappa shape index (κ3) is 9.40. The van der Waals surface area contributed by atoms with Crippen LogP contribution < -0.4 is 0 Å². The van der Waals surface area contributed by atoms with Gasteiger partial charge in [-0.3, -0.25) is 9.59 Å². The molecular weight excluding hydrogens is 412 g/mol. The first kappa shape index (κ1) is 26.5. The molecule has 8 nitrogen and oxygen atoms in total. The fourth-order valence-corrected chi connectivity index (χ4v) is 3.67. The minimum Gasteiger partial charge on any atom is -0.379 e. The Morgan fingerprint density at radius 2 is 1.53 bits per heavy atom. The molecule has 2 amide bonds. The van der Waals surface area contributed by atoms with Crippen molar-refractivity contribution in [3.05, 3.63) is 24.4 Å². The maximum absolute atomic E-state index is 12.3. The molecule has 0 aromatic rings. The monoisotopic (exact) mass is 452 g/mol. The molecule has 1 saturated heterocycles. The number of hydrogen-bond acceptors (Lipinski definition) is 6. The molecule has 0 radical (unpaired) electrons. The fourth-order valence-electron chi connectivity index (χ4n) is 3.67. The van der Waals surface area contributed by atoms with Gasteiger partial charge in [0.2, 0.25) is 5.91 Å². The molecule has 1 fully saturated rings. The van der Waals surface area contributed by atoms with Gasteiger partial charge in [0, 0.05) is 31.4 Å². The van der Waals surface area contributed by atoms with E-state index in [-0.39, 0.29) is 17.2 Å². The summed E-state index contributed by atoms with van der Waals surface area (Å²) in [7, 11) is 0. The predicted octanol–water partition coefficient (Wildman–Crippen LogP) is 2.25. The summed E-state index contributed by atoms with van der Waals surface area (Å²) in [5.41, 5.74) is 0.950. The molecule has 0 aliphatic carbocycles. The smallest absolute Gasteiger partial charge is 0.251 e. The van der Waals surface area contributed by atoms with Gasteiger partial charge >= 0.3 is 0 Å². The van der Waals surface area contributed by atoms with Crippen LogP contribution in [0.15, 0.2) is 24.4 Å². The minimum atomic E-state index is -0.0524. The number of likely N-dealkylation sites (tertiary alicyclic amines) is 1. The molecule has 182 valence electrons. The predicted molar refractivity (Wildman–Crippen MR) is 122 cm³/mol. The number of nitrogens with zero attached hydrogens (tertiary/aromatic N) is 2. The average Bonchev–Trinajstić information content (AvgIpc) is 3.36. The zero-order chi connectivity index (χ0) is 23.4.